The zero-order valence-electron chi connectivity index (χ0n) is 18.0. The summed E-state index contributed by atoms with van der Waals surface area (Å²) < 4.78 is 0.499. The molecule has 0 radical (unpaired) electrons. The second-order valence-electron chi connectivity index (χ2n) is 8.52. The van der Waals surface area contributed by atoms with E-state index < -0.39 is 0 Å². The summed E-state index contributed by atoms with van der Waals surface area (Å²) in [4.78, 5) is 24.4. The molecule has 0 spiro atoms. The molecule has 2 aromatic rings. The lowest BCUT2D eigenvalue weighted by molar-refractivity contribution is -0.115. The van der Waals surface area contributed by atoms with E-state index in [1.807, 2.05) is 36.5 Å². The normalized spacial score (nSPS) is 19.6. The van der Waals surface area contributed by atoms with Crippen molar-refractivity contribution in [3.8, 4) is 11.3 Å². The van der Waals surface area contributed by atoms with Gasteiger partial charge in [0.05, 0.1) is 23.0 Å². The van der Waals surface area contributed by atoms with Gasteiger partial charge in [-0.25, -0.2) is 4.98 Å². The fraction of sp³-hybridized carbons (Fsp3) is 0.417. The molecule has 7 heteroatoms. The van der Waals surface area contributed by atoms with E-state index in [0.717, 1.165) is 47.6 Å². The summed E-state index contributed by atoms with van der Waals surface area (Å²) in [5.74, 6) is 2.41. The molecular formula is C24H28N4OS2. The lowest BCUT2D eigenvalue weighted by Gasteiger charge is -2.30. The van der Waals surface area contributed by atoms with Crippen LogP contribution in [0.15, 0.2) is 41.6 Å². The maximum Gasteiger partial charge on any atom is 0.263 e. The fourth-order valence-corrected chi connectivity index (χ4v) is 5.29. The molecule has 0 bridgehead atoms. The highest BCUT2D eigenvalue weighted by molar-refractivity contribution is 8.26. The molecule has 4 rings (SSSR count). The van der Waals surface area contributed by atoms with Crippen LogP contribution < -0.4 is 10.2 Å². The van der Waals surface area contributed by atoms with Crippen molar-refractivity contribution in [3.05, 3.63) is 47.1 Å². The Hall–Kier alpha value is -2.25. The molecule has 2 aliphatic rings. The molecule has 0 saturated carbocycles. The first-order valence-electron chi connectivity index (χ1n) is 10.9. The van der Waals surface area contributed by atoms with Crippen molar-refractivity contribution < 1.29 is 4.79 Å². The Morgan fingerprint density at radius 3 is 2.68 bits per heavy atom. The molecule has 1 N–H and O–H groups in total. The molecule has 1 aromatic carbocycles. The van der Waals surface area contributed by atoms with E-state index in [9.17, 15) is 4.79 Å². The van der Waals surface area contributed by atoms with Crippen molar-refractivity contribution >= 4 is 46.1 Å². The summed E-state index contributed by atoms with van der Waals surface area (Å²) in [5, 5.41) is 2.65. The van der Waals surface area contributed by atoms with Gasteiger partial charge in [-0.3, -0.25) is 9.78 Å². The van der Waals surface area contributed by atoms with Crippen LogP contribution in [0.1, 0.15) is 45.1 Å². The molecule has 31 heavy (non-hydrogen) atoms. The number of aromatic nitrogens is 2. The van der Waals surface area contributed by atoms with Crippen molar-refractivity contribution in [3.63, 3.8) is 0 Å². The minimum Gasteiger partial charge on any atom is -0.355 e. The van der Waals surface area contributed by atoms with Crippen LogP contribution in [0.25, 0.3) is 17.3 Å². The molecule has 5 nitrogen and oxygen atoms in total. The highest BCUT2D eigenvalue weighted by Crippen LogP contribution is 2.29. The average Bonchev–Trinajstić information content (AvgIpc) is 3.04. The number of nitrogens with one attached hydrogen (secondary N) is 1. The van der Waals surface area contributed by atoms with Crippen molar-refractivity contribution in [2.75, 3.05) is 18.0 Å². The van der Waals surface area contributed by atoms with E-state index in [4.69, 9.17) is 17.2 Å². The smallest absolute Gasteiger partial charge is 0.263 e. The molecule has 0 aliphatic carbocycles. The van der Waals surface area contributed by atoms with Crippen LogP contribution in [0.3, 0.4) is 0 Å². The first kappa shape index (κ1) is 22.0. The number of benzene rings is 1. The van der Waals surface area contributed by atoms with E-state index in [0.29, 0.717) is 9.23 Å². The van der Waals surface area contributed by atoms with Crippen LogP contribution in [-0.2, 0) is 4.79 Å². The zero-order chi connectivity index (χ0) is 21.8. The molecule has 2 aliphatic heterocycles. The highest BCUT2D eigenvalue weighted by atomic mass is 32.2. The number of carbonyl (C=O) groups is 1. The summed E-state index contributed by atoms with van der Waals surface area (Å²) >= 11 is 6.37. The first-order chi connectivity index (χ1) is 15.0. The Kier molecular flexibility index (Phi) is 7.02. The van der Waals surface area contributed by atoms with E-state index in [2.05, 4.69) is 29.0 Å². The van der Waals surface area contributed by atoms with Gasteiger partial charge in [-0.15, -0.1) is 0 Å². The molecule has 3 heterocycles. The van der Waals surface area contributed by atoms with Crippen LogP contribution in [0.4, 0.5) is 5.82 Å². The predicted octanol–water partition coefficient (Wildman–Crippen LogP) is 5.29. The molecule has 1 aromatic heterocycles. The Morgan fingerprint density at radius 2 is 2.00 bits per heavy atom. The van der Waals surface area contributed by atoms with Gasteiger partial charge in [-0.2, -0.15) is 0 Å². The van der Waals surface area contributed by atoms with Gasteiger partial charge in [0.2, 0.25) is 0 Å². The average molecular weight is 453 g/mol. The van der Waals surface area contributed by atoms with E-state index in [1.165, 1.54) is 37.4 Å². The molecule has 162 valence electrons. The Labute approximate surface area is 193 Å². The van der Waals surface area contributed by atoms with E-state index in [-0.39, 0.29) is 5.91 Å². The SMILES string of the molecule is CC(C)C1CCCN(c2cncc(-c3cccc(C=C4SC(=S)NC4=O)c3)n2)CCC1. The largest absolute Gasteiger partial charge is 0.355 e. The third-order valence-electron chi connectivity index (χ3n) is 6.02. The van der Waals surface area contributed by atoms with Gasteiger partial charge in [-0.05, 0) is 55.2 Å². The van der Waals surface area contributed by atoms with Gasteiger partial charge in [0.15, 0.2) is 0 Å². The molecule has 0 atom stereocenters. The number of hydrogen-bond donors (Lipinski definition) is 1. The number of carbonyl (C=O) groups excluding carboxylic acids is 1. The van der Waals surface area contributed by atoms with Crippen LogP contribution >= 0.6 is 24.0 Å². The first-order valence-corrected chi connectivity index (χ1v) is 12.1. The number of thiocarbonyl (C=S) groups is 1. The third-order valence-corrected chi connectivity index (χ3v) is 7.18. The van der Waals surface area contributed by atoms with Crippen LogP contribution in [0.5, 0.6) is 0 Å². The van der Waals surface area contributed by atoms with E-state index >= 15 is 0 Å². The Bertz CT molecular complexity index is 995. The van der Waals surface area contributed by atoms with Crippen LogP contribution in [0.2, 0.25) is 0 Å². The van der Waals surface area contributed by atoms with Crippen molar-refractivity contribution in [1.82, 2.24) is 15.3 Å². The standard InChI is InChI=1S/C24H28N4OS2/c1-16(2)18-8-4-10-28(11-5-9-18)22-15-25-14-20(26-22)19-7-3-6-17(12-19)13-21-23(29)27-24(30)31-21/h3,6-7,12-16,18H,4-5,8-11H2,1-2H3,(H,27,29,30). The monoisotopic (exact) mass is 452 g/mol. The number of nitrogens with zero attached hydrogens (tertiary/aromatic N) is 3. The molecule has 1 amide bonds. The van der Waals surface area contributed by atoms with Gasteiger partial charge in [-0.1, -0.05) is 56.0 Å². The molecule has 0 unspecified atom stereocenters. The zero-order valence-corrected chi connectivity index (χ0v) is 19.6. The fourth-order valence-electron chi connectivity index (χ4n) is 4.25. The summed E-state index contributed by atoms with van der Waals surface area (Å²) in [6.45, 7) is 6.74. The number of amides is 1. The number of thioether (sulfide) groups is 1. The Balaban J connectivity index is 1.52. The van der Waals surface area contributed by atoms with Crippen molar-refractivity contribution in [2.45, 2.75) is 39.5 Å². The number of rotatable bonds is 4. The van der Waals surface area contributed by atoms with Gasteiger partial charge in [0, 0.05) is 18.7 Å². The van der Waals surface area contributed by atoms with Gasteiger partial charge >= 0.3 is 0 Å². The van der Waals surface area contributed by atoms with Gasteiger partial charge < -0.3 is 10.2 Å². The molecular weight excluding hydrogens is 424 g/mol. The summed E-state index contributed by atoms with van der Waals surface area (Å²) in [7, 11) is 0. The summed E-state index contributed by atoms with van der Waals surface area (Å²) in [6.07, 6.45) is 10.5. The maximum absolute atomic E-state index is 12.0. The second kappa shape index (κ2) is 9.92. The highest BCUT2D eigenvalue weighted by Gasteiger charge is 2.22. The lowest BCUT2D eigenvalue weighted by atomic mass is 9.86. The third kappa shape index (κ3) is 5.52. The van der Waals surface area contributed by atoms with Crippen LogP contribution in [0, 0.1) is 11.8 Å². The van der Waals surface area contributed by atoms with Crippen molar-refractivity contribution in [2.24, 2.45) is 11.8 Å². The van der Waals surface area contributed by atoms with Gasteiger partial charge in [0.1, 0.15) is 10.1 Å². The van der Waals surface area contributed by atoms with Crippen LogP contribution in [-0.4, -0.2) is 33.3 Å². The lowest BCUT2D eigenvalue weighted by Crippen LogP contribution is -2.30. The predicted molar refractivity (Wildman–Crippen MR) is 133 cm³/mol. The molecule has 2 saturated heterocycles. The van der Waals surface area contributed by atoms with Gasteiger partial charge in [0.25, 0.3) is 5.91 Å². The Morgan fingerprint density at radius 1 is 1.23 bits per heavy atom. The minimum absolute atomic E-state index is 0.140. The number of hydrogen-bond acceptors (Lipinski definition) is 6. The quantitative estimate of drug-likeness (QED) is 0.503. The maximum atomic E-state index is 12.0. The number of anilines is 1. The topological polar surface area (TPSA) is 58.1 Å². The molecule has 2 fully saturated rings. The second-order valence-corrected chi connectivity index (χ2v) is 10.2. The summed E-state index contributed by atoms with van der Waals surface area (Å²) in [6, 6.07) is 8.03. The minimum atomic E-state index is -0.140. The summed E-state index contributed by atoms with van der Waals surface area (Å²) in [5.41, 5.74) is 2.78. The van der Waals surface area contributed by atoms with E-state index in [1.54, 1.807) is 6.20 Å². The van der Waals surface area contributed by atoms with Crippen molar-refractivity contribution in [1.29, 1.82) is 0 Å².